The summed E-state index contributed by atoms with van der Waals surface area (Å²) < 4.78 is 0. The van der Waals surface area contributed by atoms with Crippen molar-refractivity contribution in [1.29, 1.82) is 5.26 Å². The fourth-order valence-corrected chi connectivity index (χ4v) is 2.85. The standard InChI is InChI=1S/C14H17N3S/c1-14(10-15,16-2)7-8-18-13-9-11-5-3-4-6-12(11)17-13/h3-6,9,16-17H,7-8H2,1-2H3. The van der Waals surface area contributed by atoms with Crippen molar-refractivity contribution in [2.45, 2.75) is 23.9 Å². The minimum atomic E-state index is -0.432. The first kappa shape index (κ1) is 13.0. The lowest BCUT2D eigenvalue weighted by molar-refractivity contribution is 0.479. The summed E-state index contributed by atoms with van der Waals surface area (Å²) in [5, 5.41) is 14.5. The predicted octanol–water partition coefficient (Wildman–Crippen LogP) is 3.15. The Balaban J connectivity index is 1.97. The van der Waals surface area contributed by atoms with Gasteiger partial charge in [0.25, 0.3) is 0 Å². The highest BCUT2D eigenvalue weighted by molar-refractivity contribution is 7.99. The maximum atomic E-state index is 9.07. The van der Waals surface area contributed by atoms with E-state index in [0.29, 0.717) is 0 Å². The van der Waals surface area contributed by atoms with E-state index in [2.05, 4.69) is 34.6 Å². The highest BCUT2D eigenvalue weighted by Gasteiger charge is 2.20. The molecule has 1 aromatic heterocycles. The van der Waals surface area contributed by atoms with Crippen LogP contribution in [-0.2, 0) is 0 Å². The zero-order chi connectivity index (χ0) is 13.0. The first-order chi connectivity index (χ1) is 8.67. The van der Waals surface area contributed by atoms with Crippen LogP contribution >= 0.6 is 11.8 Å². The van der Waals surface area contributed by atoms with Crippen LogP contribution < -0.4 is 5.32 Å². The number of aromatic nitrogens is 1. The van der Waals surface area contributed by atoms with Crippen LogP contribution in [0, 0.1) is 11.3 Å². The fraction of sp³-hybridized carbons (Fsp3) is 0.357. The third kappa shape index (κ3) is 2.87. The molecule has 2 N–H and O–H groups in total. The predicted molar refractivity (Wildman–Crippen MR) is 76.7 cm³/mol. The summed E-state index contributed by atoms with van der Waals surface area (Å²) in [6.07, 6.45) is 0.819. The SMILES string of the molecule is CNC(C)(C#N)CCSc1cc2ccccc2[nH]1. The number of aromatic amines is 1. The maximum Gasteiger partial charge on any atom is 0.104 e. The molecule has 94 valence electrons. The summed E-state index contributed by atoms with van der Waals surface area (Å²) in [6.45, 7) is 1.93. The molecule has 0 radical (unpaired) electrons. The Labute approximate surface area is 112 Å². The number of thioether (sulfide) groups is 1. The summed E-state index contributed by atoms with van der Waals surface area (Å²) >= 11 is 1.76. The van der Waals surface area contributed by atoms with E-state index in [1.807, 2.05) is 26.1 Å². The number of benzene rings is 1. The second-order valence-electron chi connectivity index (χ2n) is 4.51. The lowest BCUT2D eigenvalue weighted by Crippen LogP contribution is -2.38. The number of hydrogen-bond acceptors (Lipinski definition) is 3. The van der Waals surface area contributed by atoms with E-state index in [9.17, 15) is 0 Å². The zero-order valence-corrected chi connectivity index (χ0v) is 11.5. The summed E-state index contributed by atoms with van der Waals surface area (Å²) in [6, 6.07) is 12.7. The molecule has 2 aromatic rings. The number of nitrogens with zero attached hydrogens (tertiary/aromatic N) is 1. The number of para-hydroxylation sites is 1. The highest BCUT2D eigenvalue weighted by Crippen LogP contribution is 2.25. The molecule has 2 rings (SSSR count). The first-order valence-corrected chi connectivity index (χ1v) is 6.96. The fourth-order valence-electron chi connectivity index (χ4n) is 1.73. The second kappa shape index (κ2) is 5.47. The molecule has 0 amide bonds. The Kier molecular flexibility index (Phi) is 3.95. The van der Waals surface area contributed by atoms with Crippen LogP contribution in [0.1, 0.15) is 13.3 Å². The maximum absolute atomic E-state index is 9.07. The molecule has 0 fully saturated rings. The molecule has 0 saturated carbocycles. The van der Waals surface area contributed by atoms with Crippen LogP contribution in [-0.4, -0.2) is 23.3 Å². The smallest absolute Gasteiger partial charge is 0.104 e. The third-order valence-electron chi connectivity index (χ3n) is 3.16. The minimum Gasteiger partial charge on any atom is -0.350 e. The van der Waals surface area contributed by atoms with E-state index in [-0.39, 0.29) is 0 Å². The second-order valence-corrected chi connectivity index (χ2v) is 5.65. The number of fused-ring (bicyclic) bond motifs is 1. The first-order valence-electron chi connectivity index (χ1n) is 5.97. The highest BCUT2D eigenvalue weighted by atomic mass is 32.2. The van der Waals surface area contributed by atoms with E-state index in [1.54, 1.807) is 11.8 Å². The van der Waals surface area contributed by atoms with Crippen molar-refractivity contribution in [2.24, 2.45) is 0 Å². The van der Waals surface area contributed by atoms with Crippen LogP contribution in [0.3, 0.4) is 0 Å². The van der Waals surface area contributed by atoms with Gasteiger partial charge in [-0.15, -0.1) is 11.8 Å². The van der Waals surface area contributed by atoms with Gasteiger partial charge in [0.2, 0.25) is 0 Å². The van der Waals surface area contributed by atoms with Gasteiger partial charge >= 0.3 is 0 Å². The van der Waals surface area contributed by atoms with Crippen molar-refractivity contribution in [1.82, 2.24) is 10.3 Å². The molecule has 4 heteroatoms. The largest absolute Gasteiger partial charge is 0.350 e. The molecule has 0 aliphatic rings. The van der Waals surface area contributed by atoms with Crippen LogP contribution in [0.15, 0.2) is 35.4 Å². The molecule has 0 bridgehead atoms. The third-order valence-corrected chi connectivity index (χ3v) is 4.10. The molecular weight excluding hydrogens is 242 g/mol. The van der Waals surface area contributed by atoms with Gasteiger partial charge in [0.15, 0.2) is 0 Å². The molecule has 0 saturated heterocycles. The number of nitrogens with one attached hydrogen (secondary N) is 2. The van der Waals surface area contributed by atoms with E-state index in [1.165, 1.54) is 5.39 Å². The van der Waals surface area contributed by atoms with Gasteiger partial charge in [0.05, 0.1) is 11.1 Å². The number of H-pyrrole nitrogens is 1. The molecule has 1 heterocycles. The zero-order valence-electron chi connectivity index (χ0n) is 10.7. The average Bonchev–Trinajstić information content (AvgIpc) is 2.81. The van der Waals surface area contributed by atoms with Crippen molar-refractivity contribution in [2.75, 3.05) is 12.8 Å². The molecule has 3 nitrogen and oxygen atoms in total. The molecule has 1 aromatic carbocycles. The van der Waals surface area contributed by atoms with Gasteiger partial charge in [-0.25, -0.2) is 0 Å². The average molecular weight is 259 g/mol. The summed E-state index contributed by atoms with van der Waals surface area (Å²) in [5.74, 6) is 0.914. The van der Waals surface area contributed by atoms with Gasteiger partial charge in [-0.1, -0.05) is 18.2 Å². The topological polar surface area (TPSA) is 51.6 Å². The Bertz CT molecular complexity index is 537. The van der Waals surface area contributed by atoms with Crippen LogP contribution in [0.25, 0.3) is 10.9 Å². The van der Waals surface area contributed by atoms with Crippen molar-refractivity contribution in [3.63, 3.8) is 0 Å². The summed E-state index contributed by atoms with van der Waals surface area (Å²) in [7, 11) is 1.83. The Morgan fingerprint density at radius 3 is 2.89 bits per heavy atom. The quantitative estimate of drug-likeness (QED) is 0.811. The van der Waals surface area contributed by atoms with Gasteiger partial charge in [-0.2, -0.15) is 5.26 Å². The van der Waals surface area contributed by atoms with E-state index in [4.69, 9.17) is 5.26 Å². The van der Waals surface area contributed by atoms with Crippen molar-refractivity contribution in [3.05, 3.63) is 30.3 Å². The van der Waals surface area contributed by atoms with Crippen molar-refractivity contribution < 1.29 is 0 Å². The van der Waals surface area contributed by atoms with Gasteiger partial charge in [-0.05, 0) is 32.5 Å². The van der Waals surface area contributed by atoms with Gasteiger partial charge in [-0.3, -0.25) is 0 Å². The number of rotatable bonds is 5. The van der Waals surface area contributed by atoms with Crippen molar-refractivity contribution >= 4 is 22.7 Å². The number of hydrogen-bond donors (Lipinski definition) is 2. The molecular formula is C14H17N3S. The van der Waals surface area contributed by atoms with Gasteiger partial charge in [0, 0.05) is 16.7 Å². The lowest BCUT2D eigenvalue weighted by Gasteiger charge is -2.19. The number of nitriles is 1. The minimum absolute atomic E-state index is 0.432. The monoisotopic (exact) mass is 259 g/mol. The van der Waals surface area contributed by atoms with Crippen LogP contribution in [0.4, 0.5) is 0 Å². The molecule has 0 aliphatic heterocycles. The molecule has 1 unspecified atom stereocenters. The van der Waals surface area contributed by atoms with Crippen molar-refractivity contribution in [3.8, 4) is 6.07 Å². The van der Waals surface area contributed by atoms with E-state index >= 15 is 0 Å². The lowest BCUT2D eigenvalue weighted by atomic mass is 10.0. The van der Waals surface area contributed by atoms with Crippen LogP contribution in [0.2, 0.25) is 0 Å². The van der Waals surface area contributed by atoms with Crippen LogP contribution in [0.5, 0.6) is 0 Å². The Hall–Kier alpha value is -1.44. The Morgan fingerprint density at radius 2 is 2.22 bits per heavy atom. The summed E-state index contributed by atoms with van der Waals surface area (Å²) in [4.78, 5) is 3.38. The molecule has 0 spiro atoms. The summed E-state index contributed by atoms with van der Waals surface area (Å²) in [5.41, 5.74) is 0.732. The normalized spacial score (nSPS) is 14.3. The Morgan fingerprint density at radius 1 is 1.44 bits per heavy atom. The molecule has 0 aliphatic carbocycles. The van der Waals surface area contributed by atoms with E-state index in [0.717, 1.165) is 22.7 Å². The molecule has 1 atom stereocenters. The van der Waals surface area contributed by atoms with Gasteiger partial charge in [0.1, 0.15) is 5.54 Å². The molecule has 18 heavy (non-hydrogen) atoms. The van der Waals surface area contributed by atoms with E-state index < -0.39 is 5.54 Å². The van der Waals surface area contributed by atoms with Gasteiger partial charge < -0.3 is 10.3 Å².